The predicted octanol–water partition coefficient (Wildman–Crippen LogP) is 4.28. The van der Waals surface area contributed by atoms with E-state index in [2.05, 4.69) is 46.2 Å². The van der Waals surface area contributed by atoms with Gasteiger partial charge in [0.25, 0.3) is 5.91 Å². The second-order valence-electron chi connectivity index (χ2n) is 6.43. The first-order valence-corrected chi connectivity index (χ1v) is 8.72. The Balaban J connectivity index is 1.73. The minimum Gasteiger partial charge on any atom is -0.349 e. The molecule has 0 spiro atoms. The summed E-state index contributed by atoms with van der Waals surface area (Å²) in [4.78, 5) is 23.0. The number of amides is 1. The molecule has 138 valence electrons. The minimum atomic E-state index is -0.432. The van der Waals surface area contributed by atoms with E-state index < -0.39 is 11.7 Å². The van der Waals surface area contributed by atoms with Crippen LogP contribution in [0, 0.1) is 5.82 Å². The SMILES string of the molecule is CC(C)N(Cc1ccccc1)c1cnc(C(=O)Nc2cccc(F)c2)cn1. The third-order valence-electron chi connectivity index (χ3n) is 4.07. The average molecular weight is 364 g/mol. The maximum absolute atomic E-state index is 13.2. The van der Waals surface area contributed by atoms with Crippen LogP contribution in [0.5, 0.6) is 0 Å². The highest BCUT2D eigenvalue weighted by Crippen LogP contribution is 2.17. The Hall–Kier alpha value is -3.28. The van der Waals surface area contributed by atoms with Crippen LogP contribution in [0.3, 0.4) is 0 Å². The molecule has 0 bridgehead atoms. The molecule has 3 aromatic rings. The summed E-state index contributed by atoms with van der Waals surface area (Å²) < 4.78 is 13.2. The number of hydrogen-bond acceptors (Lipinski definition) is 4. The van der Waals surface area contributed by atoms with Crippen LogP contribution in [0.2, 0.25) is 0 Å². The van der Waals surface area contributed by atoms with Gasteiger partial charge in [0.15, 0.2) is 0 Å². The molecule has 3 rings (SSSR count). The lowest BCUT2D eigenvalue weighted by Crippen LogP contribution is -2.31. The van der Waals surface area contributed by atoms with Crippen molar-refractivity contribution in [2.24, 2.45) is 0 Å². The maximum Gasteiger partial charge on any atom is 0.275 e. The Labute approximate surface area is 157 Å². The van der Waals surface area contributed by atoms with E-state index in [0.29, 0.717) is 18.1 Å². The molecule has 0 aliphatic heterocycles. The lowest BCUT2D eigenvalue weighted by atomic mass is 10.2. The van der Waals surface area contributed by atoms with Gasteiger partial charge in [-0.1, -0.05) is 36.4 Å². The Kier molecular flexibility index (Phi) is 5.76. The predicted molar refractivity (Wildman–Crippen MR) is 104 cm³/mol. The van der Waals surface area contributed by atoms with E-state index in [0.717, 1.165) is 0 Å². The first kappa shape index (κ1) is 18.5. The molecule has 0 fully saturated rings. The van der Waals surface area contributed by atoms with Crippen LogP contribution in [0.15, 0.2) is 67.0 Å². The normalized spacial score (nSPS) is 10.7. The molecular weight excluding hydrogens is 343 g/mol. The quantitative estimate of drug-likeness (QED) is 0.709. The van der Waals surface area contributed by atoms with Crippen molar-refractivity contribution in [2.75, 3.05) is 10.2 Å². The first-order chi connectivity index (χ1) is 13.0. The van der Waals surface area contributed by atoms with Gasteiger partial charge in [0.1, 0.15) is 17.3 Å². The molecule has 1 N–H and O–H groups in total. The smallest absolute Gasteiger partial charge is 0.275 e. The molecule has 6 heteroatoms. The largest absolute Gasteiger partial charge is 0.349 e. The number of carbonyl (C=O) groups excluding carboxylic acids is 1. The molecule has 1 aromatic heterocycles. The molecule has 1 heterocycles. The number of carbonyl (C=O) groups is 1. The highest BCUT2D eigenvalue weighted by molar-refractivity contribution is 6.02. The second kappa shape index (κ2) is 8.40. The summed E-state index contributed by atoms with van der Waals surface area (Å²) >= 11 is 0. The Morgan fingerprint density at radius 1 is 1.07 bits per heavy atom. The van der Waals surface area contributed by atoms with Gasteiger partial charge in [0.05, 0.1) is 12.4 Å². The molecule has 0 atom stereocenters. The van der Waals surface area contributed by atoms with Gasteiger partial charge in [-0.05, 0) is 37.6 Å². The van der Waals surface area contributed by atoms with Crippen molar-refractivity contribution in [3.05, 3.63) is 84.1 Å². The Bertz CT molecular complexity index is 898. The third-order valence-corrected chi connectivity index (χ3v) is 4.07. The molecule has 0 aliphatic rings. The van der Waals surface area contributed by atoms with Gasteiger partial charge < -0.3 is 10.2 Å². The molecule has 2 aromatic carbocycles. The van der Waals surface area contributed by atoms with Gasteiger partial charge in [-0.2, -0.15) is 0 Å². The number of nitrogens with zero attached hydrogens (tertiary/aromatic N) is 3. The molecule has 0 unspecified atom stereocenters. The van der Waals surface area contributed by atoms with Gasteiger partial charge >= 0.3 is 0 Å². The van der Waals surface area contributed by atoms with Gasteiger partial charge in [-0.15, -0.1) is 0 Å². The number of benzene rings is 2. The van der Waals surface area contributed by atoms with E-state index in [9.17, 15) is 9.18 Å². The second-order valence-corrected chi connectivity index (χ2v) is 6.43. The van der Waals surface area contributed by atoms with Gasteiger partial charge in [0.2, 0.25) is 0 Å². The average Bonchev–Trinajstić information content (AvgIpc) is 2.67. The van der Waals surface area contributed by atoms with Gasteiger partial charge in [-0.25, -0.2) is 14.4 Å². The zero-order chi connectivity index (χ0) is 19.2. The van der Waals surface area contributed by atoms with Crippen molar-refractivity contribution in [3.8, 4) is 0 Å². The lowest BCUT2D eigenvalue weighted by Gasteiger charge is -2.27. The van der Waals surface area contributed by atoms with Crippen LogP contribution in [0.4, 0.5) is 15.9 Å². The molecule has 27 heavy (non-hydrogen) atoms. The fourth-order valence-electron chi connectivity index (χ4n) is 2.66. The number of rotatable bonds is 6. The van der Waals surface area contributed by atoms with Crippen LogP contribution in [0.1, 0.15) is 29.9 Å². The molecule has 0 saturated heterocycles. The highest BCUT2D eigenvalue weighted by Gasteiger charge is 2.15. The summed E-state index contributed by atoms with van der Waals surface area (Å²) in [5.74, 6) is -0.155. The molecule has 1 amide bonds. The number of anilines is 2. The van der Waals surface area contributed by atoms with Crippen LogP contribution >= 0.6 is 0 Å². The lowest BCUT2D eigenvalue weighted by molar-refractivity contribution is 0.102. The van der Waals surface area contributed by atoms with Crippen molar-refractivity contribution in [1.29, 1.82) is 0 Å². The maximum atomic E-state index is 13.2. The van der Waals surface area contributed by atoms with Crippen LogP contribution < -0.4 is 10.2 Å². The van der Waals surface area contributed by atoms with Crippen LogP contribution in [-0.4, -0.2) is 21.9 Å². The number of aromatic nitrogens is 2. The highest BCUT2D eigenvalue weighted by atomic mass is 19.1. The first-order valence-electron chi connectivity index (χ1n) is 8.72. The number of nitrogens with one attached hydrogen (secondary N) is 1. The fourth-order valence-corrected chi connectivity index (χ4v) is 2.66. The molecule has 0 aliphatic carbocycles. The van der Waals surface area contributed by atoms with Crippen molar-refractivity contribution >= 4 is 17.4 Å². The molecule has 0 radical (unpaired) electrons. The zero-order valence-electron chi connectivity index (χ0n) is 15.3. The minimum absolute atomic E-state index is 0.173. The number of hydrogen-bond donors (Lipinski definition) is 1. The zero-order valence-corrected chi connectivity index (χ0v) is 15.3. The monoisotopic (exact) mass is 364 g/mol. The summed E-state index contributed by atoms with van der Waals surface area (Å²) in [6, 6.07) is 16.0. The van der Waals surface area contributed by atoms with Crippen molar-refractivity contribution in [1.82, 2.24) is 9.97 Å². The van der Waals surface area contributed by atoms with E-state index in [4.69, 9.17) is 0 Å². The summed E-state index contributed by atoms with van der Waals surface area (Å²) in [7, 11) is 0. The van der Waals surface area contributed by atoms with Gasteiger partial charge in [0, 0.05) is 18.3 Å². The third kappa shape index (κ3) is 4.88. The topological polar surface area (TPSA) is 58.1 Å². The van der Waals surface area contributed by atoms with Gasteiger partial charge in [-0.3, -0.25) is 4.79 Å². The Morgan fingerprint density at radius 2 is 1.85 bits per heavy atom. The van der Waals surface area contributed by atoms with Crippen molar-refractivity contribution in [2.45, 2.75) is 26.4 Å². The van der Waals surface area contributed by atoms with Crippen molar-refractivity contribution in [3.63, 3.8) is 0 Å². The summed E-state index contributed by atoms with van der Waals surface area (Å²) in [5.41, 5.74) is 1.71. The summed E-state index contributed by atoms with van der Waals surface area (Å²) in [6.07, 6.45) is 3.02. The fraction of sp³-hybridized carbons (Fsp3) is 0.190. The summed E-state index contributed by atoms with van der Waals surface area (Å²) in [5, 5.41) is 2.62. The van der Waals surface area contributed by atoms with E-state index in [1.165, 1.54) is 30.0 Å². The number of halogens is 1. The summed E-state index contributed by atoms with van der Waals surface area (Å²) in [6.45, 7) is 4.85. The van der Waals surface area contributed by atoms with E-state index in [1.807, 2.05) is 18.2 Å². The molecule has 5 nitrogen and oxygen atoms in total. The molecular formula is C21H21FN4O. The molecule has 0 saturated carbocycles. The Morgan fingerprint density at radius 3 is 2.48 bits per heavy atom. The van der Waals surface area contributed by atoms with E-state index in [1.54, 1.807) is 12.3 Å². The van der Waals surface area contributed by atoms with E-state index >= 15 is 0 Å². The standard InChI is InChI=1S/C21H21FN4O/c1-15(2)26(14-16-7-4-3-5-8-16)20-13-23-19(12-24-20)21(27)25-18-10-6-9-17(22)11-18/h3-13,15H,14H2,1-2H3,(H,25,27). The van der Waals surface area contributed by atoms with Crippen LogP contribution in [0.25, 0.3) is 0 Å². The van der Waals surface area contributed by atoms with Crippen molar-refractivity contribution < 1.29 is 9.18 Å². The van der Waals surface area contributed by atoms with Crippen LogP contribution in [-0.2, 0) is 6.54 Å². The van der Waals surface area contributed by atoms with E-state index in [-0.39, 0.29) is 11.7 Å².